The van der Waals surface area contributed by atoms with Crippen molar-refractivity contribution in [3.8, 4) is 11.4 Å². The standard InChI is InChI=1S/C23H22N4O2S2/c1-14(2)27-22(19-12-30-20-7-5-4-6-18(19)20)25-26-23(27)31-13-21(29)24-17-10-8-16(9-11-17)15(3)28/h4-12,14H,13H2,1-3H3,(H,24,29). The molecule has 8 heteroatoms. The molecule has 1 amide bonds. The van der Waals surface area contributed by atoms with E-state index in [0.29, 0.717) is 16.4 Å². The van der Waals surface area contributed by atoms with Crippen molar-refractivity contribution in [2.24, 2.45) is 0 Å². The van der Waals surface area contributed by atoms with Crippen LogP contribution < -0.4 is 5.32 Å². The summed E-state index contributed by atoms with van der Waals surface area (Å²) in [5.74, 6) is 0.885. The van der Waals surface area contributed by atoms with Crippen LogP contribution in [0.3, 0.4) is 0 Å². The molecule has 2 aromatic carbocycles. The van der Waals surface area contributed by atoms with Crippen molar-refractivity contribution in [3.05, 3.63) is 59.5 Å². The minimum atomic E-state index is -0.138. The Balaban J connectivity index is 1.50. The van der Waals surface area contributed by atoms with E-state index < -0.39 is 0 Å². The summed E-state index contributed by atoms with van der Waals surface area (Å²) in [5, 5.41) is 15.7. The first kappa shape index (κ1) is 21.3. The first-order valence-corrected chi connectivity index (χ1v) is 11.8. The van der Waals surface area contributed by atoms with Crippen molar-refractivity contribution in [1.82, 2.24) is 14.8 Å². The smallest absolute Gasteiger partial charge is 0.234 e. The zero-order chi connectivity index (χ0) is 22.0. The van der Waals surface area contributed by atoms with E-state index in [2.05, 4.69) is 51.4 Å². The number of fused-ring (bicyclic) bond motifs is 1. The van der Waals surface area contributed by atoms with Crippen molar-refractivity contribution in [2.75, 3.05) is 11.1 Å². The predicted molar refractivity (Wildman–Crippen MR) is 127 cm³/mol. The van der Waals surface area contributed by atoms with E-state index in [1.165, 1.54) is 23.4 Å². The molecule has 0 atom stereocenters. The van der Waals surface area contributed by atoms with Gasteiger partial charge >= 0.3 is 0 Å². The Morgan fingerprint density at radius 2 is 1.84 bits per heavy atom. The van der Waals surface area contributed by atoms with Gasteiger partial charge in [0.05, 0.1) is 5.75 Å². The van der Waals surface area contributed by atoms with Crippen LogP contribution in [0, 0.1) is 0 Å². The highest BCUT2D eigenvalue weighted by Gasteiger charge is 2.20. The first-order valence-electron chi connectivity index (χ1n) is 9.89. The van der Waals surface area contributed by atoms with E-state index in [0.717, 1.165) is 16.8 Å². The molecule has 2 aromatic heterocycles. The molecule has 0 saturated carbocycles. The van der Waals surface area contributed by atoms with E-state index >= 15 is 0 Å². The summed E-state index contributed by atoms with van der Waals surface area (Å²) < 4.78 is 3.29. The Morgan fingerprint density at radius 1 is 1.10 bits per heavy atom. The van der Waals surface area contributed by atoms with Crippen LogP contribution in [-0.2, 0) is 4.79 Å². The molecule has 0 spiro atoms. The fourth-order valence-corrected chi connectivity index (χ4v) is 5.10. The summed E-state index contributed by atoms with van der Waals surface area (Å²) in [7, 11) is 0. The number of anilines is 1. The molecule has 4 aromatic rings. The van der Waals surface area contributed by atoms with Crippen molar-refractivity contribution < 1.29 is 9.59 Å². The van der Waals surface area contributed by atoms with E-state index in [4.69, 9.17) is 0 Å². The Labute approximate surface area is 188 Å². The lowest BCUT2D eigenvalue weighted by Gasteiger charge is -2.13. The third-order valence-electron chi connectivity index (χ3n) is 4.81. The minimum absolute atomic E-state index is 0.00402. The summed E-state index contributed by atoms with van der Waals surface area (Å²) in [4.78, 5) is 23.8. The second kappa shape index (κ2) is 9.03. The first-order chi connectivity index (χ1) is 14.9. The molecule has 0 saturated heterocycles. The monoisotopic (exact) mass is 450 g/mol. The number of aromatic nitrogens is 3. The number of thioether (sulfide) groups is 1. The van der Waals surface area contributed by atoms with Crippen LogP contribution in [0.1, 0.15) is 37.2 Å². The van der Waals surface area contributed by atoms with Gasteiger partial charge in [-0.2, -0.15) is 0 Å². The number of carbonyl (C=O) groups is 2. The van der Waals surface area contributed by atoms with Crippen LogP contribution in [0.4, 0.5) is 5.69 Å². The van der Waals surface area contributed by atoms with Gasteiger partial charge < -0.3 is 5.32 Å². The third-order valence-corrected chi connectivity index (χ3v) is 6.72. The average molecular weight is 451 g/mol. The topological polar surface area (TPSA) is 76.9 Å². The lowest BCUT2D eigenvalue weighted by atomic mass is 10.1. The van der Waals surface area contributed by atoms with Crippen molar-refractivity contribution in [3.63, 3.8) is 0 Å². The van der Waals surface area contributed by atoms with Gasteiger partial charge in [0.25, 0.3) is 0 Å². The van der Waals surface area contributed by atoms with Gasteiger partial charge in [-0.3, -0.25) is 14.2 Å². The number of hydrogen-bond donors (Lipinski definition) is 1. The van der Waals surface area contributed by atoms with Crippen molar-refractivity contribution >= 4 is 50.6 Å². The number of benzene rings is 2. The fraction of sp³-hybridized carbons (Fsp3) is 0.217. The number of nitrogens with zero attached hydrogens (tertiary/aromatic N) is 3. The summed E-state index contributed by atoms with van der Waals surface area (Å²) >= 11 is 3.05. The van der Waals surface area contributed by atoms with E-state index in [1.807, 2.05) is 12.1 Å². The molecule has 6 nitrogen and oxygen atoms in total. The van der Waals surface area contributed by atoms with Gasteiger partial charge in [0.15, 0.2) is 16.8 Å². The number of hydrogen-bond acceptors (Lipinski definition) is 6. The van der Waals surface area contributed by atoms with Crippen LogP contribution in [-0.4, -0.2) is 32.2 Å². The van der Waals surface area contributed by atoms with E-state index in [-0.39, 0.29) is 23.5 Å². The summed E-state index contributed by atoms with van der Waals surface area (Å²) in [6, 6.07) is 15.3. The van der Waals surface area contributed by atoms with Gasteiger partial charge in [0, 0.05) is 38.3 Å². The van der Waals surface area contributed by atoms with Gasteiger partial charge in [-0.1, -0.05) is 30.0 Å². The molecular weight excluding hydrogens is 428 g/mol. The molecule has 158 valence electrons. The zero-order valence-corrected chi connectivity index (χ0v) is 19.1. The van der Waals surface area contributed by atoms with Gasteiger partial charge in [-0.25, -0.2) is 0 Å². The number of amides is 1. The van der Waals surface area contributed by atoms with Crippen LogP contribution in [0.2, 0.25) is 0 Å². The quantitative estimate of drug-likeness (QED) is 0.290. The highest BCUT2D eigenvalue weighted by atomic mass is 32.2. The molecule has 1 N–H and O–H groups in total. The van der Waals surface area contributed by atoms with Crippen molar-refractivity contribution in [1.29, 1.82) is 0 Å². The number of nitrogens with one attached hydrogen (secondary N) is 1. The molecule has 0 aliphatic heterocycles. The number of thiophene rings is 1. The Hall–Kier alpha value is -2.97. The summed E-state index contributed by atoms with van der Waals surface area (Å²) in [6.45, 7) is 5.69. The SMILES string of the molecule is CC(=O)c1ccc(NC(=O)CSc2nnc(-c3csc4ccccc34)n2C(C)C)cc1. The average Bonchev–Trinajstić information content (AvgIpc) is 3.36. The molecule has 0 fully saturated rings. The molecule has 0 aliphatic carbocycles. The largest absolute Gasteiger partial charge is 0.325 e. The molecule has 0 bridgehead atoms. The molecule has 31 heavy (non-hydrogen) atoms. The van der Waals surface area contributed by atoms with Crippen LogP contribution in [0.25, 0.3) is 21.5 Å². The fourth-order valence-electron chi connectivity index (χ4n) is 3.29. The number of Topliss-reactive ketones (excluding diaryl/α,β-unsaturated/α-hetero) is 1. The molecular formula is C23H22N4O2S2. The Morgan fingerprint density at radius 3 is 2.55 bits per heavy atom. The number of carbonyl (C=O) groups excluding carboxylic acids is 2. The maximum Gasteiger partial charge on any atom is 0.234 e. The maximum atomic E-state index is 12.4. The highest BCUT2D eigenvalue weighted by Crippen LogP contribution is 2.35. The Kier molecular flexibility index (Phi) is 6.20. The van der Waals surface area contributed by atoms with Gasteiger partial charge in [0.1, 0.15) is 0 Å². The van der Waals surface area contributed by atoms with E-state index in [1.54, 1.807) is 35.6 Å². The van der Waals surface area contributed by atoms with Gasteiger partial charge in [0.2, 0.25) is 5.91 Å². The molecule has 0 unspecified atom stereocenters. The van der Waals surface area contributed by atoms with Gasteiger partial charge in [-0.15, -0.1) is 21.5 Å². The zero-order valence-electron chi connectivity index (χ0n) is 17.5. The second-order valence-electron chi connectivity index (χ2n) is 7.39. The van der Waals surface area contributed by atoms with Crippen LogP contribution in [0.15, 0.2) is 59.1 Å². The predicted octanol–water partition coefficient (Wildman–Crippen LogP) is 5.67. The third kappa shape index (κ3) is 4.55. The number of ketones is 1. The molecule has 2 heterocycles. The van der Waals surface area contributed by atoms with Crippen molar-refractivity contribution in [2.45, 2.75) is 32.0 Å². The van der Waals surface area contributed by atoms with Crippen LogP contribution >= 0.6 is 23.1 Å². The number of rotatable bonds is 7. The normalized spacial score (nSPS) is 11.2. The lowest BCUT2D eigenvalue weighted by molar-refractivity contribution is -0.113. The lowest BCUT2D eigenvalue weighted by Crippen LogP contribution is -2.15. The summed E-state index contributed by atoms with van der Waals surface area (Å²) in [6.07, 6.45) is 0. The molecule has 4 rings (SSSR count). The molecule has 0 aliphatic rings. The van der Waals surface area contributed by atoms with E-state index in [9.17, 15) is 9.59 Å². The van der Waals surface area contributed by atoms with Gasteiger partial charge in [-0.05, 0) is 51.1 Å². The Bertz CT molecular complexity index is 1240. The second-order valence-corrected chi connectivity index (χ2v) is 9.24. The minimum Gasteiger partial charge on any atom is -0.325 e. The van der Waals surface area contributed by atoms with Crippen LogP contribution in [0.5, 0.6) is 0 Å². The highest BCUT2D eigenvalue weighted by molar-refractivity contribution is 7.99. The molecule has 0 radical (unpaired) electrons. The maximum absolute atomic E-state index is 12.4. The summed E-state index contributed by atoms with van der Waals surface area (Å²) in [5.41, 5.74) is 2.33.